The number of methoxy groups -OCH3 is 1. The molecule has 0 saturated heterocycles. The van der Waals surface area contributed by atoms with Crippen molar-refractivity contribution in [1.82, 2.24) is 0 Å². The Labute approximate surface area is 106 Å². The standard InChI is InChI=1S/C11H12F3NO4/c1-18-8-3-2-7(6-9(8)19-5-4-16)15-10(17)11(12,13)14/h2-3,6,16H,4-5H2,1H3,(H,15,17). The third-order valence-corrected chi connectivity index (χ3v) is 2.03. The van der Waals surface area contributed by atoms with Gasteiger partial charge in [0, 0.05) is 11.8 Å². The van der Waals surface area contributed by atoms with Crippen molar-refractivity contribution >= 4 is 11.6 Å². The second-order valence-electron chi connectivity index (χ2n) is 3.39. The molecule has 1 rings (SSSR count). The van der Waals surface area contributed by atoms with Crippen LogP contribution in [0.5, 0.6) is 11.5 Å². The summed E-state index contributed by atoms with van der Waals surface area (Å²) in [7, 11) is 1.36. The van der Waals surface area contributed by atoms with Crippen LogP contribution >= 0.6 is 0 Å². The lowest BCUT2D eigenvalue weighted by atomic mass is 10.2. The van der Waals surface area contributed by atoms with Crippen LogP contribution in [0.25, 0.3) is 0 Å². The zero-order chi connectivity index (χ0) is 14.5. The fourth-order valence-electron chi connectivity index (χ4n) is 1.22. The second kappa shape index (κ2) is 6.28. The molecule has 0 aliphatic rings. The van der Waals surface area contributed by atoms with Gasteiger partial charge < -0.3 is 19.9 Å². The number of aliphatic hydroxyl groups excluding tert-OH is 1. The quantitative estimate of drug-likeness (QED) is 0.858. The molecule has 0 spiro atoms. The number of amides is 1. The van der Waals surface area contributed by atoms with E-state index in [9.17, 15) is 18.0 Å². The number of ether oxygens (including phenoxy) is 2. The van der Waals surface area contributed by atoms with Crippen LogP contribution in [0.4, 0.5) is 18.9 Å². The van der Waals surface area contributed by atoms with Crippen LogP contribution in [-0.2, 0) is 4.79 Å². The molecule has 0 fully saturated rings. The number of hydrogen-bond donors (Lipinski definition) is 2. The van der Waals surface area contributed by atoms with Crippen molar-refractivity contribution in [2.45, 2.75) is 6.18 Å². The fourth-order valence-corrected chi connectivity index (χ4v) is 1.22. The van der Waals surface area contributed by atoms with E-state index in [2.05, 4.69) is 0 Å². The number of nitrogens with one attached hydrogen (secondary N) is 1. The number of benzene rings is 1. The first-order valence-corrected chi connectivity index (χ1v) is 5.18. The predicted molar refractivity (Wildman–Crippen MR) is 60.3 cm³/mol. The molecule has 0 aliphatic heterocycles. The molecule has 1 aromatic rings. The van der Waals surface area contributed by atoms with Crippen LogP contribution in [0.2, 0.25) is 0 Å². The van der Waals surface area contributed by atoms with Gasteiger partial charge >= 0.3 is 12.1 Å². The Kier molecular flexibility index (Phi) is 4.99. The van der Waals surface area contributed by atoms with E-state index < -0.39 is 12.1 Å². The molecule has 8 heteroatoms. The van der Waals surface area contributed by atoms with Gasteiger partial charge in [-0.1, -0.05) is 0 Å². The van der Waals surface area contributed by atoms with Gasteiger partial charge in [-0.2, -0.15) is 13.2 Å². The van der Waals surface area contributed by atoms with Gasteiger partial charge in [0.05, 0.1) is 13.7 Å². The summed E-state index contributed by atoms with van der Waals surface area (Å²) in [5, 5.41) is 10.3. The second-order valence-corrected chi connectivity index (χ2v) is 3.39. The van der Waals surface area contributed by atoms with E-state index in [1.54, 1.807) is 5.32 Å². The summed E-state index contributed by atoms with van der Waals surface area (Å²) in [5.41, 5.74) is -0.0870. The van der Waals surface area contributed by atoms with Gasteiger partial charge in [-0.15, -0.1) is 0 Å². The molecule has 0 aromatic heterocycles. The van der Waals surface area contributed by atoms with Gasteiger partial charge in [-0.05, 0) is 12.1 Å². The van der Waals surface area contributed by atoms with Gasteiger partial charge in [0.25, 0.3) is 0 Å². The Morgan fingerprint density at radius 2 is 2.05 bits per heavy atom. The van der Waals surface area contributed by atoms with E-state index in [-0.39, 0.29) is 30.4 Å². The topological polar surface area (TPSA) is 67.8 Å². The number of hydrogen-bond acceptors (Lipinski definition) is 4. The molecular formula is C11H12F3NO4. The lowest BCUT2D eigenvalue weighted by molar-refractivity contribution is -0.167. The van der Waals surface area contributed by atoms with Crippen molar-refractivity contribution in [2.75, 3.05) is 25.6 Å². The number of halogens is 3. The van der Waals surface area contributed by atoms with E-state index >= 15 is 0 Å². The molecule has 1 amide bonds. The molecule has 1 aromatic carbocycles. The number of anilines is 1. The van der Waals surface area contributed by atoms with Crippen molar-refractivity contribution in [2.24, 2.45) is 0 Å². The van der Waals surface area contributed by atoms with E-state index in [0.717, 1.165) is 0 Å². The van der Waals surface area contributed by atoms with E-state index in [4.69, 9.17) is 14.6 Å². The molecule has 2 N–H and O–H groups in total. The Morgan fingerprint density at radius 3 is 2.58 bits per heavy atom. The van der Waals surface area contributed by atoms with E-state index in [1.165, 1.54) is 25.3 Å². The smallest absolute Gasteiger partial charge is 0.471 e. The number of alkyl halides is 3. The first-order chi connectivity index (χ1) is 8.88. The molecule has 0 radical (unpaired) electrons. The number of aliphatic hydroxyl groups is 1. The summed E-state index contributed by atoms with van der Waals surface area (Å²) in [6.07, 6.45) is -4.97. The highest BCUT2D eigenvalue weighted by molar-refractivity contribution is 5.95. The lowest BCUT2D eigenvalue weighted by Crippen LogP contribution is -2.29. The summed E-state index contributed by atoms with van der Waals surface area (Å²) in [5.74, 6) is -1.68. The van der Waals surface area contributed by atoms with Crippen LogP contribution in [0.1, 0.15) is 0 Å². The maximum absolute atomic E-state index is 12.1. The highest BCUT2D eigenvalue weighted by Gasteiger charge is 2.38. The molecule has 5 nitrogen and oxygen atoms in total. The monoisotopic (exact) mass is 279 g/mol. The van der Waals surface area contributed by atoms with E-state index in [0.29, 0.717) is 0 Å². The van der Waals surface area contributed by atoms with Crippen LogP contribution in [-0.4, -0.2) is 37.5 Å². The van der Waals surface area contributed by atoms with Gasteiger partial charge in [-0.3, -0.25) is 4.79 Å². The maximum atomic E-state index is 12.1. The van der Waals surface area contributed by atoms with Crippen molar-refractivity contribution in [1.29, 1.82) is 0 Å². The average Bonchev–Trinajstić information content (AvgIpc) is 2.35. The molecule has 106 valence electrons. The van der Waals surface area contributed by atoms with Crippen LogP contribution in [0, 0.1) is 0 Å². The zero-order valence-corrected chi connectivity index (χ0v) is 9.95. The molecule has 0 aliphatic carbocycles. The first kappa shape index (κ1) is 15.1. The minimum atomic E-state index is -4.97. The van der Waals surface area contributed by atoms with Crippen LogP contribution < -0.4 is 14.8 Å². The Hall–Kier alpha value is -1.96. The average molecular weight is 279 g/mol. The minimum absolute atomic E-state index is 0.0486. The lowest BCUT2D eigenvalue weighted by Gasteiger charge is -2.13. The van der Waals surface area contributed by atoms with Crippen molar-refractivity contribution in [3.8, 4) is 11.5 Å². The molecule has 19 heavy (non-hydrogen) atoms. The highest BCUT2D eigenvalue weighted by Crippen LogP contribution is 2.30. The van der Waals surface area contributed by atoms with Gasteiger partial charge in [0.1, 0.15) is 6.61 Å². The van der Waals surface area contributed by atoms with Crippen LogP contribution in [0.3, 0.4) is 0 Å². The number of carbonyl (C=O) groups excluding carboxylic acids is 1. The summed E-state index contributed by atoms with van der Waals surface area (Å²) >= 11 is 0. The zero-order valence-electron chi connectivity index (χ0n) is 9.95. The first-order valence-electron chi connectivity index (χ1n) is 5.18. The predicted octanol–water partition coefficient (Wildman–Crippen LogP) is 1.57. The van der Waals surface area contributed by atoms with E-state index in [1.807, 2.05) is 0 Å². The molecule has 0 heterocycles. The summed E-state index contributed by atoms with van der Waals surface area (Å²) in [4.78, 5) is 10.8. The maximum Gasteiger partial charge on any atom is 0.471 e. The summed E-state index contributed by atoms with van der Waals surface area (Å²) in [6.45, 7) is -0.310. The van der Waals surface area contributed by atoms with Crippen molar-refractivity contribution < 1.29 is 32.5 Å². The molecule has 0 unspecified atom stereocenters. The molecular weight excluding hydrogens is 267 g/mol. The van der Waals surface area contributed by atoms with Crippen molar-refractivity contribution in [3.63, 3.8) is 0 Å². The molecule has 0 bridgehead atoms. The van der Waals surface area contributed by atoms with Crippen LogP contribution in [0.15, 0.2) is 18.2 Å². The fraction of sp³-hybridized carbons (Fsp3) is 0.364. The van der Waals surface area contributed by atoms with Crippen molar-refractivity contribution in [3.05, 3.63) is 18.2 Å². The Bertz CT molecular complexity index is 448. The summed E-state index contributed by atoms with van der Waals surface area (Å²) < 4.78 is 46.3. The Balaban J connectivity index is 2.88. The largest absolute Gasteiger partial charge is 0.493 e. The third-order valence-electron chi connectivity index (χ3n) is 2.03. The minimum Gasteiger partial charge on any atom is -0.493 e. The molecule has 0 atom stereocenters. The third kappa shape index (κ3) is 4.32. The summed E-state index contributed by atoms with van der Waals surface area (Å²) in [6, 6.07) is 3.77. The molecule has 0 saturated carbocycles. The normalized spacial score (nSPS) is 11.0. The number of carbonyl (C=O) groups is 1. The Morgan fingerprint density at radius 1 is 1.37 bits per heavy atom. The van der Waals surface area contributed by atoms with Gasteiger partial charge in [-0.25, -0.2) is 0 Å². The van der Waals surface area contributed by atoms with Gasteiger partial charge in [0.15, 0.2) is 11.5 Å². The highest BCUT2D eigenvalue weighted by atomic mass is 19.4. The van der Waals surface area contributed by atoms with Gasteiger partial charge in [0.2, 0.25) is 0 Å². The number of rotatable bonds is 5. The SMILES string of the molecule is COc1ccc(NC(=O)C(F)(F)F)cc1OCCO.